The van der Waals surface area contributed by atoms with Crippen molar-refractivity contribution in [3.63, 3.8) is 0 Å². The number of thiophene rings is 1. The molecule has 5 aromatic rings. The van der Waals surface area contributed by atoms with Crippen molar-refractivity contribution < 1.29 is 28.7 Å². The third-order valence-electron chi connectivity index (χ3n) is 11.5. The van der Waals surface area contributed by atoms with Gasteiger partial charge in [0.2, 0.25) is 11.8 Å². The molecule has 59 heavy (non-hydrogen) atoms. The molecule has 14 nitrogen and oxygen atoms in total. The number of rotatable bonds is 11. The quantitative estimate of drug-likeness (QED) is 0.104. The number of aromatic amines is 2. The van der Waals surface area contributed by atoms with Crippen molar-refractivity contribution in [1.29, 1.82) is 0 Å². The smallest absolute Gasteiger partial charge is 0.407 e. The number of amides is 4. The predicted octanol–water partition coefficient (Wildman–Crippen LogP) is 7.93. The molecule has 0 unspecified atom stereocenters. The molecule has 3 aromatic heterocycles. The normalized spacial score (nSPS) is 20.3. The Bertz CT molecular complexity index is 2280. The molecule has 0 saturated carbocycles. The molecule has 2 aromatic carbocycles. The minimum atomic E-state index is -0.704. The molecular weight excluding hydrogens is 769 g/mol. The summed E-state index contributed by atoms with van der Waals surface area (Å²) in [6.45, 7) is 13.1. The summed E-state index contributed by atoms with van der Waals surface area (Å²) in [4.78, 5) is 73.9. The predicted molar refractivity (Wildman–Crippen MR) is 227 cm³/mol. The first-order valence-corrected chi connectivity index (χ1v) is 21.1. The molecule has 4 amide bonds. The summed E-state index contributed by atoms with van der Waals surface area (Å²) in [6, 6.07) is 17.0. The van der Waals surface area contributed by atoms with Gasteiger partial charge in [-0.15, -0.1) is 11.3 Å². The molecular formula is C44H54N8O6S. The Hall–Kier alpha value is -5.70. The lowest BCUT2D eigenvalue weighted by atomic mass is 10.0. The Morgan fingerprint density at radius 3 is 1.81 bits per heavy atom. The number of likely N-dealkylation sites (tertiary alicyclic amines) is 2. The number of carbonyl (C=O) groups is 4. The summed E-state index contributed by atoms with van der Waals surface area (Å²) in [5.74, 6) is 1.54. The van der Waals surface area contributed by atoms with Gasteiger partial charge in [-0.3, -0.25) is 9.59 Å². The molecule has 2 aliphatic heterocycles. The summed E-state index contributed by atoms with van der Waals surface area (Å²) in [5.41, 5.74) is 5.96. The first-order valence-electron chi connectivity index (χ1n) is 20.3. The number of hydrogen-bond acceptors (Lipinski definition) is 9. The average molecular weight is 823 g/mol. The maximum absolute atomic E-state index is 13.7. The van der Waals surface area contributed by atoms with Crippen LogP contribution in [0.4, 0.5) is 9.59 Å². The number of benzene rings is 2. The van der Waals surface area contributed by atoms with Gasteiger partial charge in [0.1, 0.15) is 28.6 Å². The minimum absolute atomic E-state index is 0.110. The zero-order valence-corrected chi connectivity index (χ0v) is 35.7. The summed E-state index contributed by atoms with van der Waals surface area (Å²) in [7, 11) is 2.59. The van der Waals surface area contributed by atoms with E-state index >= 15 is 0 Å². The molecule has 0 bridgehead atoms. The Morgan fingerprint density at radius 1 is 0.729 bits per heavy atom. The van der Waals surface area contributed by atoms with E-state index in [2.05, 4.69) is 76.9 Å². The second-order valence-electron chi connectivity index (χ2n) is 16.7. The SMILES string of the molecule is COC(=O)N[C@H](C(=O)N1C[C@@H](C)C[C@H]1c1ncc(-c2cccc(-c3ccc(-c4cc5[nH]c([C@@H]6C[C@H](C)CN6C(=O)[C@@H](NC(=O)OC)C(C)C)nc5s4)cc3)c2)[nH]1)C(C)C. The van der Waals surface area contributed by atoms with Crippen LogP contribution >= 0.6 is 11.3 Å². The summed E-state index contributed by atoms with van der Waals surface area (Å²) < 4.78 is 9.58. The second kappa shape index (κ2) is 17.3. The fourth-order valence-electron chi connectivity index (χ4n) is 8.33. The van der Waals surface area contributed by atoms with Crippen LogP contribution in [-0.4, -0.2) is 93.1 Å². The number of alkyl carbamates (subject to hydrolysis) is 2. The molecule has 2 aliphatic rings. The van der Waals surface area contributed by atoms with Crippen molar-refractivity contribution in [2.45, 2.75) is 78.6 Å². The van der Waals surface area contributed by atoms with Crippen molar-refractivity contribution in [1.82, 2.24) is 40.4 Å². The number of fused-ring (bicyclic) bond motifs is 1. The molecule has 2 fully saturated rings. The van der Waals surface area contributed by atoms with Crippen LogP contribution in [0.15, 0.2) is 60.8 Å². The van der Waals surface area contributed by atoms with Crippen LogP contribution in [0.3, 0.4) is 0 Å². The second-order valence-corrected chi connectivity index (χ2v) is 17.7. The Balaban J connectivity index is 1.05. The number of nitrogens with zero attached hydrogens (tertiary/aromatic N) is 4. The fraction of sp³-hybridized carbons (Fsp3) is 0.455. The summed E-state index contributed by atoms with van der Waals surface area (Å²) in [6.07, 6.45) is 2.12. The Kier molecular flexibility index (Phi) is 12.1. The van der Waals surface area contributed by atoms with Gasteiger partial charge in [0.15, 0.2) is 0 Å². The lowest BCUT2D eigenvalue weighted by Crippen LogP contribution is -2.51. The largest absolute Gasteiger partial charge is 0.453 e. The van der Waals surface area contributed by atoms with Crippen LogP contribution in [0.5, 0.6) is 0 Å². The van der Waals surface area contributed by atoms with E-state index in [0.29, 0.717) is 13.1 Å². The van der Waals surface area contributed by atoms with E-state index < -0.39 is 24.3 Å². The van der Waals surface area contributed by atoms with Gasteiger partial charge in [-0.25, -0.2) is 19.6 Å². The number of ether oxygens (including phenoxy) is 2. The fourth-order valence-corrected chi connectivity index (χ4v) is 9.33. The zero-order chi connectivity index (χ0) is 42.1. The Labute approximate surface area is 348 Å². The van der Waals surface area contributed by atoms with Crippen LogP contribution in [-0.2, 0) is 19.1 Å². The molecule has 15 heteroatoms. The van der Waals surface area contributed by atoms with Gasteiger partial charge in [0.05, 0.1) is 43.7 Å². The van der Waals surface area contributed by atoms with Crippen molar-refractivity contribution in [2.24, 2.45) is 23.7 Å². The lowest BCUT2D eigenvalue weighted by Gasteiger charge is -2.30. The number of nitrogens with one attached hydrogen (secondary N) is 4. The van der Waals surface area contributed by atoms with E-state index in [0.717, 1.165) is 67.7 Å². The number of hydrogen-bond donors (Lipinski definition) is 4. The molecule has 7 rings (SSSR count). The molecule has 312 valence electrons. The highest BCUT2D eigenvalue weighted by atomic mass is 32.1. The Morgan fingerprint density at radius 2 is 1.27 bits per heavy atom. The first-order chi connectivity index (χ1) is 28.2. The van der Waals surface area contributed by atoms with Crippen LogP contribution in [0.1, 0.15) is 78.1 Å². The van der Waals surface area contributed by atoms with Crippen LogP contribution in [0.2, 0.25) is 0 Å². The molecule has 0 aliphatic carbocycles. The van der Waals surface area contributed by atoms with Gasteiger partial charge in [0, 0.05) is 23.5 Å². The molecule has 6 atom stereocenters. The van der Waals surface area contributed by atoms with Crippen molar-refractivity contribution >= 4 is 45.7 Å². The standard InChI is InChI=1S/C44H54N8O6S/c1-23(2)36(48-43(55)57-7)41(53)51-21-25(5)16-33(51)38-45-20-32(47-38)30-11-9-10-29(18-30)27-12-14-28(15-13-27)35-19-31-40(59-35)50-39(46-31)34-17-26(6)22-52(34)42(54)37(24(3)4)49-44(56)58-8/h9-15,18-20,23-26,33-34,36-37H,16-17,21-22H2,1-8H3,(H,45,47)(H,46,50)(H,48,55)(H,49,56)/t25-,26-,33-,34-,36-,37-/m0/s1. The monoisotopic (exact) mass is 822 g/mol. The van der Waals surface area contributed by atoms with E-state index in [1.807, 2.05) is 55.8 Å². The van der Waals surface area contributed by atoms with Gasteiger partial charge in [-0.05, 0) is 65.3 Å². The van der Waals surface area contributed by atoms with Gasteiger partial charge in [-0.2, -0.15) is 0 Å². The number of aromatic nitrogens is 4. The van der Waals surface area contributed by atoms with Gasteiger partial charge < -0.3 is 39.9 Å². The highest BCUT2D eigenvalue weighted by Crippen LogP contribution is 2.40. The van der Waals surface area contributed by atoms with Gasteiger partial charge in [-0.1, -0.05) is 84.0 Å². The van der Waals surface area contributed by atoms with Crippen LogP contribution in [0, 0.1) is 23.7 Å². The molecule has 0 radical (unpaired) electrons. The third kappa shape index (κ3) is 8.70. The van der Waals surface area contributed by atoms with Gasteiger partial charge >= 0.3 is 12.2 Å². The van der Waals surface area contributed by atoms with E-state index in [-0.39, 0.29) is 47.6 Å². The lowest BCUT2D eigenvalue weighted by molar-refractivity contribution is -0.136. The molecule has 2 saturated heterocycles. The number of methoxy groups -OCH3 is 2. The molecule has 4 N–H and O–H groups in total. The number of imidazole rings is 2. The van der Waals surface area contributed by atoms with E-state index in [1.165, 1.54) is 14.2 Å². The van der Waals surface area contributed by atoms with E-state index in [9.17, 15) is 19.2 Å². The zero-order valence-electron chi connectivity index (χ0n) is 34.9. The number of carbonyl (C=O) groups excluding carboxylic acids is 4. The van der Waals surface area contributed by atoms with E-state index in [4.69, 9.17) is 19.4 Å². The highest BCUT2D eigenvalue weighted by Gasteiger charge is 2.41. The van der Waals surface area contributed by atoms with E-state index in [1.54, 1.807) is 11.3 Å². The topological polar surface area (TPSA) is 175 Å². The summed E-state index contributed by atoms with van der Waals surface area (Å²) >= 11 is 1.61. The minimum Gasteiger partial charge on any atom is -0.453 e. The van der Waals surface area contributed by atoms with Crippen LogP contribution in [0.25, 0.3) is 43.2 Å². The maximum atomic E-state index is 13.7. The highest BCUT2D eigenvalue weighted by molar-refractivity contribution is 7.21. The average Bonchev–Trinajstić information content (AvgIpc) is 4.07. The molecule has 5 heterocycles. The third-order valence-corrected chi connectivity index (χ3v) is 12.5. The molecule has 0 spiro atoms. The maximum Gasteiger partial charge on any atom is 0.407 e. The number of H-pyrrole nitrogens is 2. The van der Waals surface area contributed by atoms with Crippen LogP contribution < -0.4 is 10.6 Å². The summed E-state index contributed by atoms with van der Waals surface area (Å²) in [5, 5.41) is 5.44. The van der Waals surface area contributed by atoms with Crippen molar-refractivity contribution in [3.8, 4) is 32.8 Å². The first kappa shape index (κ1) is 41.5. The van der Waals surface area contributed by atoms with Crippen molar-refractivity contribution in [3.05, 3.63) is 72.4 Å². The van der Waals surface area contributed by atoms with Gasteiger partial charge in [0.25, 0.3) is 0 Å². The van der Waals surface area contributed by atoms with Crippen molar-refractivity contribution in [2.75, 3.05) is 27.3 Å².